The van der Waals surface area contributed by atoms with Gasteiger partial charge in [0.25, 0.3) is 0 Å². The predicted molar refractivity (Wildman–Crippen MR) is 46.2 cm³/mol. The maximum Gasteiger partial charge on any atom is 0.383 e. The minimum absolute atomic E-state index is 0.377. The van der Waals surface area contributed by atoms with E-state index in [2.05, 4.69) is 4.99 Å². The first kappa shape index (κ1) is 7.90. The van der Waals surface area contributed by atoms with Crippen molar-refractivity contribution in [3.05, 3.63) is 0 Å². The zero-order valence-electron chi connectivity index (χ0n) is 7.29. The second kappa shape index (κ2) is 3.78. The average molecular weight is 169 g/mol. The monoisotopic (exact) mass is 169 g/mol. The number of nitrogens with zero attached hydrogens (tertiary/aromatic N) is 1. The Morgan fingerprint density at radius 1 is 1.25 bits per heavy atom. The molecule has 2 aliphatic rings. The molecule has 0 aromatic heterocycles. The second-order valence-corrected chi connectivity index (χ2v) is 3.37. The van der Waals surface area contributed by atoms with Gasteiger partial charge < -0.3 is 9.47 Å². The Morgan fingerprint density at radius 2 is 2.08 bits per heavy atom. The highest BCUT2D eigenvalue weighted by Gasteiger charge is 2.19. The van der Waals surface area contributed by atoms with E-state index >= 15 is 0 Å². The molecule has 0 radical (unpaired) electrons. The van der Waals surface area contributed by atoms with Crippen LogP contribution in [-0.4, -0.2) is 25.3 Å². The van der Waals surface area contributed by atoms with Crippen LogP contribution in [0, 0.1) is 0 Å². The fourth-order valence-corrected chi connectivity index (χ4v) is 1.66. The summed E-state index contributed by atoms with van der Waals surface area (Å²) in [5.74, 6) is 0. The summed E-state index contributed by atoms with van der Waals surface area (Å²) < 4.78 is 10.8. The van der Waals surface area contributed by atoms with Crippen molar-refractivity contribution in [1.29, 1.82) is 0 Å². The average Bonchev–Trinajstić information content (AvgIpc) is 2.59. The van der Waals surface area contributed by atoms with E-state index in [1.54, 1.807) is 0 Å². The normalized spacial score (nSPS) is 24.8. The SMILES string of the molecule is C1CN=C(OC2CCCC2)OC1. The van der Waals surface area contributed by atoms with E-state index in [0.29, 0.717) is 12.2 Å². The summed E-state index contributed by atoms with van der Waals surface area (Å²) in [4.78, 5) is 4.17. The lowest BCUT2D eigenvalue weighted by Gasteiger charge is -2.17. The summed E-state index contributed by atoms with van der Waals surface area (Å²) in [6.45, 7) is 1.63. The Bertz CT molecular complexity index is 173. The summed E-state index contributed by atoms with van der Waals surface area (Å²) in [5.41, 5.74) is 0. The Morgan fingerprint density at radius 3 is 2.75 bits per heavy atom. The van der Waals surface area contributed by atoms with Gasteiger partial charge in [0.1, 0.15) is 6.10 Å². The van der Waals surface area contributed by atoms with Crippen LogP contribution in [0.2, 0.25) is 0 Å². The molecule has 0 bridgehead atoms. The van der Waals surface area contributed by atoms with Crippen LogP contribution in [0.5, 0.6) is 0 Å². The van der Waals surface area contributed by atoms with E-state index in [9.17, 15) is 0 Å². The Kier molecular flexibility index (Phi) is 2.49. The van der Waals surface area contributed by atoms with Crippen molar-refractivity contribution < 1.29 is 9.47 Å². The minimum Gasteiger partial charge on any atom is -0.451 e. The van der Waals surface area contributed by atoms with Crippen LogP contribution in [0.4, 0.5) is 0 Å². The molecule has 0 unspecified atom stereocenters. The summed E-state index contributed by atoms with van der Waals surface area (Å²) in [5, 5.41) is 0. The maximum absolute atomic E-state index is 5.58. The number of ether oxygens (including phenoxy) is 2. The smallest absolute Gasteiger partial charge is 0.383 e. The lowest BCUT2D eigenvalue weighted by Crippen LogP contribution is -2.21. The van der Waals surface area contributed by atoms with Crippen LogP contribution in [0.15, 0.2) is 4.99 Å². The number of hydrogen-bond acceptors (Lipinski definition) is 3. The van der Waals surface area contributed by atoms with Crippen molar-refractivity contribution in [3.63, 3.8) is 0 Å². The van der Waals surface area contributed by atoms with Gasteiger partial charge in [0.2, 0.25) is 0 Å². The van der Waals surface area contributed by atoms with E-state index in [1.807, 2.05) is 0 Å². The third-order valence-corrected chi connectivity index (χ3v) is 2.34. The van der Waals surface area contributed by atoms with Crippen molar-refractivity contribution in [1.82, 2.24) is 0 Å². The molecule has 2 rings (SSSR count). The van der Waals surface area contributed by atoms with Crippen LogP contribution >= 0.6 is 0 Å². The molecule has 0 aromatic carbocycles. The summed E-state index contributed by atoms with van der Waals surface area (Å²) in [6, 6.07) is 0. The zero-order valence-corrected chi connectivity index (χ0v) is 7.29. The van der Waals surface area contributed by atoms with Gasteiger partial charge in [-0.25, -0.2) is 4.99 Å². The van der Waals surface area contributed by atoms with E-state index in [0.717, 1.165) is 19.6 Å². The second-order valence-electron chi connectivity index (χ2n) is 3.37. The van der Waals surface area contributed by atoms with E-state index in [4.69, 9.17) is 9.47 Å². The van der Waals surface area contributed by atoms with Gasteiger partial charge >= 0.3 is 6.08 Å². The Labute approximate surface area is 72.8 Å². The van der Waals surface area contributed by atoms with Crippen LogP contribution in [0.1, 0.15) is 32.1 Å². The van der Waals surface area contributed by atoms with Gasteiger partial charge in [-0.15, -0.1) is 0 Å². The molecule has 0 N–H and O–H groups in total. The third kappa shape index (κ3) is 1.90. The molecule has 12 heavy (non-hydrogen) atoms. The van der Waals surface area contributed by atoms with Gasteiger partial charge in [-0.3, -0.25) is 0 Å². The van der Waals surface area contributed by atoms with Crippen molar-refractivity contribution in [3.8, 4) is 0 Å². The number of hydrogen-bond donors (Lipinski definition) is 0. The molecule has 1 aliphatic heterocycles. The topological polar surface area (TPSA) is 30.8 Å². The molecule has 0 atom stereocenters. The van der Waals surface area contributed by atoms with Crippen molar-refractivity contribution in [2.45, 2.75) is 38.2 Å². The molecule has 3 heteroatoms. The molecule has 3 nitrogen and oxygen atoms in total. The van der Waals surface area contributed by atoms with Gasteiger partial charge in [0, 0.05) is 13.0 Å². The van der Waals surface area contributed by atoms with Gasteiger partial charge in [-0.05, 0) is 25.7 Å². The predicted octanol–water partition coefficient (Wildman–Crippen LogP) is 1.72. The molecule has 1 fully saturated rings. The van der Waals surface area contributed by atoms with Crippen LogP contribution in [-0.2, 0) is 9.47 Å². The van der Waals surface area contributed by atoms with Gasteiger partial charge in [0.15, 0.2) is 0 Å². The van der Waals surface area contributed by atoms with Gasteiger partial charge in [0.05, 0.1) is 6.61 Å². The summed E-state index contributed by atoms with van der Waals surface area (Å²) in [7, 11) is 0. The van der Waals surface area contributed by atoms with Crippen molar-refractivity contribution in [2.24, 2.45) is 4.99 Å². The third-order valence-electron chi connectivity index (χ3n) is 2.34. The first-order valence-corrected chi connectivity index (χ1v) is 4.79. The van der Waals surface area contributed by atoms with Crippen molar-refractivity contribution in [2.75, 3.05) is 13.2 Å². The standard InChI is InChI=1S/C9H15NO2/c1-2-5-8(4-1)12-9-10-6-3-7-11-9/h8H,1-7H2. The molecule has 0 amide bonds. The number of aliphatic imine (C=N–C) groups is 1. The highest BCUT2D eigenvalue weighted by molar-refractivity contribution is 5.67. The van der Waals surface area contributed by atoms with Crippen molar-refractivity contribution >= 4 is 6.08 Å². The molecule has 68 valence electrons. The minimum atomic E-state index is 0.377. The van der Waals surface area contributed by atoms with E-state index < -0.39 is 0 Å². The van der Waals surface area contributed by atoms with E-state index in [-0.39, 0.29) is 0 Å². The van der Waals surface area contributed by atoms with Crippen LogP contribution in [0.3, 0.4) is 0 Å². The Balaban J connectivity index is 1.80. The molecule has 1 aliphatic carbocycles. The largest absolute Gasteiger partial charge is 0.451 e. The molecule has 0 aromatic rings. The summed E-state index contributed by atoms with van der Waals surface area (Å²) in [6.07, 6.45) is 6.85. The highest BCUT2D eigenvalue weighted by atomic mass is 16.7. The fraction of sp³-hybridized carbons (Fsp3) is 0.889. The summed E-state index contributed by atoms with van der Waals surface area (Å²) >= 11 is 0. The van der Waals surface area contributed by atoms with E-state index in [1.165, 1.54) is 25.7 Å². The molecular formula is C9H15NO2. The van der Waals surface area contributed by atoms with Crippen LogP contribution < -0.4 is 0 Å². The molecule has 1 saturated carbocycles. The van der Waals surface area contributed by atoms with Crippen LogP contribution in [0.25, 0.3) is 0 Å². The maximum atomic E-state index is 5.58. The highest BCUT2D eigenvalue weighted by Crippen LogP contribution is 2.21. The first-order chi connectivity index (χ1) is 5.95. The zero-order chi connectivity index (χ0) is 8.23. The van der Waals surface area contributed by atoms with Gasteiger partial charge in [-0.2, -0.15) is 0 Å². The lowest BCUT2D eigenvalue weighted by atomic mass is 10.3. The molecule has 0 spiro atoms. The lowest BCUT2D eigenvalue weighted by molar-refractivity contribution is 0.102. The quantitative estimate of drug-likeness (QED) is 0.598. The molecule has 0 saturated heterocycles. The Hall–Kier alpha value is -0.730. The van der Waals surface area contributed by atoms with Gasteiger partial charge in [-0.1, -0.05) is 0 Å². The number of rotatable bonds is 1. The fourth-order valence-electron chi connectivity index (χ4n) is 1.66. The molecule has 1 heterocycles. The first-order valence-electron chi connectivity index (χ1n) is 4.79. The molecular weight excluding hydrogens is 154 g/mol.